The van der Waals surface area contributed by atoms with E-state index in [0.717, 1.165) is 0 Å². The molecular formula is C19H27F3N2O5. The maximum atomic E-state index is 13.1. The van der Waals surface area contributed by atoms with E-state index in [1.54, 1.807) is 0 Å². The fourth-order valence-corrected chi connectivity index (χ4v) is 4.42. The van der Waals surface area contributed by atoms with E-state index < -0.39 is 30.2 Å². The number of rotatable bonds is 7. The SMILES string of the molecule is COCCOCC1NC(C(F)(F)F)CCC1NC(=O)C1=C(O)C2CCC(C2)C1=O. The Labute approximate surface area is 167 Å². The number of hydrogen-bond donors (Lipinski definition) is 3. The normalized spacial score (nSPS) is 32.6. The largest absolute Gasteiger partial charge is 0.511 e. The molecule has 7 nitrogen and oxygen atoms in total. The number of allylic oxidation sites excluding steroid dienone is 1. The van der Waals surface area contributed by atoms with Crippen molar-refractivity contribution in [2.75, 3.05) is 26.9 Å². The second kappa shape index (κ2) is 9.01. The summed E-state index contributed by atoms with van der Waals surface area (Å²) in [4.78, 5) is 25.2. The number of ether oxygens (including phenoxy) is 2. The van der Waals surface area contributed by atoms with Crippen LogP contribution in [-0.2, 0) is 19.1 Å². The molecule has 0 aromatic rings. The fourth-order valence-electron chi connectivity index (χ4n) is 4.42. The van der Waals surface area contributed by atoms with Crippen molar-refractivity contribution < 1.29 is 37.3 Å². The van der Waals surface area contributed by atoms with Gasteiger partial charge < -0.3 is 19.9 Å². The highest BCUT2D eigenvalue weighted by atomic mass is 19.4. The molecule has 0 aromatic heterocycles. The second-order valence-electron chi connectivity index (χ2n) is 7.92. The lowest BCUT2D eigenvalue weighted by Gasteiger charge is -2.38. The van der Waals surface area contributed by atoms with Crippen molar-refractivity contribution in [3.63, 3.8) is 0 Å². The smallest absolute Gasteiger partial charge is 0.403 e. The summed E-state index contributed by atoms with van der Waals surface area (Å²) in [5, 5.41) is 15.5. The second-order valence-corrected chi connectivity index (χ2v) is 7.92. The summed E-state index contributed by atoms with van der Waals surface area (Å²) in [5.74, 6) is -1.73. The molecule has 10 heteroatoms. The Balaban J connectivity index is 1.69. The van der Waals surface area contributed by atoms with E-state index in [9.17, 15) is 27.9 Å². The Morgan fingerprint density at radius 1 is 1.21 bits per heavy atom. The van der Waals surface area contributed by atoms with E-state index in [-0.39, 0.29) is 55.0 Å². The topological polar surface area (TPSA) is 96.9 Å². The molecule has 5 atom stereocenters. The van der Waals surface area contributed by atoms with Gasteiger partial charge in [0.2, 0.25) is 0 Å². The Bertz CT molecular complexity index is 667. The molecule has 2 bridgehead atoms. The predicted molar refractivity (Wildman–Crippen MR) is 96.1 cm³/mol. The van der Waals surface area contributed by atoms with Gasteiger partial charge in [-0.25, -0.2) is 0 Å². The molecule has 0 aromatic carbocycles. The molecule has 1 amide bonds. The van der Waals surface area contributed by atoms with Crippen molar-refractivity contribution in [3.8, 4) is 0 Å². The number of fused-ring (bicyclic) bond motifs is 2. The van der Waals surface area contributed by atoms with E-state index >= 15 is 0 Å². The van der Waals surface area contributed by atoms with Gasteiger partial charge in [0.25, 0.3) is 5.91 Å². The van der Waals surface area contributed by atoms with Gasteiger partial charge in [-0.1, -0.05) is 0 Å². The maximum Gasteiger partial charge on any atom is 0.403 e. The summed E-state index contributed by atoms with van der Waals surface area (Å²) in [7, 11) is 1.49. The van der Waals surface area contributed by atoms with Crippen LogP contribution in [0.3, 0.4) is 0 Å². The van der Waals surface area contributed by atoms with Gasteiger partial charge in [0.15, 0.2) is 5.78 Å². The average molecular weight is 420 g/mol. The van der Waals surface area contributed by atoms with E-state index in [4.69, 9.17) is 9.47 Å². The van der Waals surface area contributed by atoms with Crippen LogP contribution in [0.5, 0.6) is 0 Å². The van der Waals surface area contributed by atoms with Crippen molar-refractivity contribution in [3.05, 3.63) is 11.3 Å². The molecule has 2 fully saturated rings. The zero-order chi connectivity index (χ0) is 21.2. The van der Waals surface area contributed by atoms with Gasteiger partial charge in [-0.15, -0.1) is 0 Å². The molecule has 3 rings (SSSR count). The number of amides is 1. The number of Topliss-reactive ketones (excluding diaryl/α,β-unsaturated/α-hetero) is 1. The molecular weight excluding hydrogens is 393 g/mol. The summed E-state index contributed by atoms with van der Waals surface area (Å²) in [6.45, 7) is 0.454. The minimum Gasteiger partial charge on any atom is -0.511 e. The van der Waals surface area contributed by atoms with Crippen molar-refractivity contribution in [2.24, 2.45) is 11.8 Å². The number of carbonyl (C=O) groups is 2. The molecule has 3 aliphatic rings. The first kappa shape index (κ1) is 22.0. The quantitative estimate of drug-likeness (QED) is 0.428. The van der Waals surface area contributed by atoms with Crippen LogP contribution in [0.2, 0.25) is 0 Å². The lowest BCUT2D eigenvalue weighted by Crippen LogP contribution is -2.62. The highest BCUT2D eigenvalue weighted by Gasteiger charge is 2.47. The summed E-state index contributed by atoms with van der Waals surface area (Å²) < 4.78 is 49.7. The zero-order valence-electron chi connectivity index (χ0n) is 16.3. The van der Waals surface area contributed by atoms with Gasteiger partial charge in [0, 0.05) is 25.0 Å². The van der Waals surface area contributed by atoms with Gasteiger partial charge in [-0.2, -0.15) is 13.2 Å². The number of aliphatic hydroxyl groups is 1. The van der Waals surface area contributed by atoms with Crippen molar-refractivity contribution in [1.29, 1.82) is 0 Å². The third-order valence-corrected chi connectivity index (χ3v) is 6.03. The van der Waals surface area contributed by atoms with Crippen LogP contribution >= 0.6 is 0 Å². The summed E-state index contributed by atoms with van der Waals surface area (Å²) in [5.41, 5.74) is -0.235. The van der Waals surface area contributed by atoms with Gasteiger partial charge >= 0.3 is 6.18 Å². The molecule has 164 valence electrons. The molecule has 5 unspecified atom stereocenters. The highest BCUT2D eigenvalue weighted by molar-refractivity contribution is 6.21. The maximum absolute atomic E-state index is 13.1. The van der Waals surface area contributed by atoms with E-state index in [1.165, 1.54) is 7.11 Å². The standard InChI is InChI=1S/C19H27F3N2O5/c1-28-6-7-29-9-13-12(4-5-14(23-13)19(20,21)22)24-18(27)15-16(25)10-2-3-11(8-10)17(15)26/h10-14,23,25H,2-9H2,1H3,(H,24,27). The first-order chi connectivity index (χ1) is 13.7. The summed E-state index contributed by atoms with van der Waals surface area (Å²) >= 11 is 0. The number of halogens is 3. The molecule has 2 aliphatic carbocycles. The molecule has 29 heavy (non-hydrogen) atoms. The van der Waals surface area contributed by atoms with Crippen molar-refractivity contribution in [2.45, 2.75) is 56.4 Å². The highest BCUT2D eigenvalue weighted by Crippen LogP contribution is 2.42. The molecule has 3 N–H and O–H groups in total. The lowest BCUT2D eigenvalue weighted by atomic mass is 9.85. The summed E-state index contributed by atoms with van der Waals surface area (Å²) in [6, 6.07) is -3.13. The number of alkyl halides is 3. The Kier molecular flexibility index (Phi) is 6.85. The third-order valence-electron chi connectivity index (χ3n) is 6.03. The number of hydrogen-bond acceptors (Lipinski definition) is 6. The van der Waals surface area contributed by atoms with Crippen molar-refractivity contribution >= 4 is 11.7 Å². The van der Waals surface area contributed by atoms with Crippen LogP contribution in [-0.4, -0.2) is 68.0 Å². The number of nitrogens with one attached hydrogen (secondary N) is 2. The van der Waals surface area contributed by atoms with Crippen molar-refractivity contribution in [1.82, 2.24) is 10.6 Å². The predicted octanol–water partition coefficient (Wildman–Crippen LogP) is 1.63. The molecule has 1 saturated heterocycles. The number of aliphatic hydroxyl groups excluding tert-OH is 1. The lowest BCUT2D eigenvalue weighted by molar-refractivity contribution is -0.166. The average Bonchev–Trinajstić information content (AvgIpc) is 3.11. The molecule has 1 aliphatic heterocycles. The van der Waals surface area contributed by atoms with Crippen LogP contribution in [0.25, 0.3) is 0 Å². The fraction of sp³-hybridized carbons (Fsp3) is 0.789. The first-order valence-electron chi connectivity index (χ1n) is 9.90. The third kappa shape index (κ3) is 4.92. The number of piperidine rings is 1. The number of methoxy groups -OCH3 is 1. The molecule has 1 heterocycles. The number of ketones is 1. The van der Waals surface area contributed by atoms with E-state index in [0.29, 0.717) is 25.9 Å². The van der Waals surface area contributed by atoms with E-state index in [2.05, 4.69) is 10.6 Å². The van der Waals surface area contributed by atoms with Crippen LogP contribution < -0.4 is 10.6 Å². The number of carbonyl (C=O) groups excluding carboxylic acids is 2. The van der Waals surface area contributed by atoms with Gasteiger partial charge in [0.1, 0.15) is 17.4 Å². The summed E-state index contributed by atoms with van der Waals surface area (Å²) in [6.07, 6.45) is -2.68. The van der Waals surface area contributed by atoms with Crippen LogP contribution in [0.4, 0.5) is 13.2 Å². The van der Waals surface area contributed by atoms with Gasteiger partial charge in [-0.3, -0.25) is 14.9 Å². The van der Waals surface area contributed by atoms with Crippen LogP contribution in [0.15, 0.2) is 11.3 Å². The Morgan fingerprint density at radius 2 is 1.93 bits per heavy atom. The first-order valence-corrected chi connectivity index (χ1v) is 9.90. The van der Waals surface area contributed by atoms with Crippen LogP contribution in [0.1, 0.15) is 32.1 Å². The molecule has 1 saturated carbocycles. The monoisotopic (exact) mass is 420 g/mol. The minimum atomic E-state index is -4.40. The molecule has 0 radical (unpaired) electrons. The van der Waals surface area contributed by atoms with E-state index in [1.807, 2.05) is 0 Å². The van der Waals surface area contributed by atoms with Gasteiger partial charge in [0.05, 0.1) is 25.9 Å². The Hall–Kier alpha value is -1.65. The Morgan fingerprint density at radius 3 is 2.62 bits per heavy atom. The van der Waals surface area contributed by atoms with Gasteiger partial charge in [-0.05, 0) is 32.1 Å². The minimum absolute atomic E-state index is 0.0505. The zero-order valence-corrected chi connectivity index (χ0v) is 16.3. The van der Waals surface area contributed by atoms with Crippen LogP contribution in [0, 0.1) is 11.8 Å². The molecule has 0 spiro atoms.